The van der Waals surface area contributed by atoms with E-state index in [1.54, 1.807) is 41.9 Å². The van der Waals surface area contributed by atoms with E-state index in [2.05, 4.69) is 43.4 Å². The molecule has 4 aromatic rings. The summed E-state index contributed by atoms with van der Waals surface area (Å²) >= 11 is 5.01. The summed E-state index contributed by atoms with van der Waals surface area (Å²) < 4.78 is 27.5. The monoisotopic (exact) mass is 540 g/mol. The van der Waals surface area contributed by atoms with E-state index in [4.69, 9.17) is 9.47 Å². The zero-order valence-electron chi connectivity index (χ0n) is 18.6. The van der Waals surface area contributed by atoms with Crippen LogP contribution in [0.4, 0.5) is 4.39 Å². The van der Waals surface area contributed by atoms with E-state index >= 15 is 0 Å². The zero-order chi connectivity index (χ0) is 23.9. The predicted molar refractivity (Wildman–Crippen MR) is 135 cm³/mol. The molecule has 0 bridgehead atoms. The molecule has 0 fully saturated rings. The lowest BCUT2D eigenvalue weighted by Gasteiger charge is -2.13. The molecule has 174 valence electrons. The second-order valence-electron chi connectivity index (χ2n) is 7.30. The number of hydrogen-bond acceptors (Lipinski definition) is 6. The van der Waals surface area contributed by atoms with Gasteiger partial charge in [-0.05, 0) is 54.4 Å². The Kier molecular flexibility index (Phi) is 7.97. The Bertz CT molecular complexity index is 1280. The number of rotatable bonds is 9. The van der Waals surface area contributed by atoms with Crippen molar-refractivity contribution >= 4 is 33.9 Å². The average molecular weight is 541 g/mol. The fraction of sp³-hybridized carbons (Fsp3) is 0.160. The first kappa shape index (κ1) is 24.0. The van der Waals surface area contributed by atoms with Crippen LogP contribution in [0.1, 0.15) is 22.5 Å². The van der Waals surface area contributed by atoms with Crippen molar-refractivity contribution in [1.82, 2.24) is 14.9 Å². The molecule has 0 saturated carbocycles. The number of para-hydroxylation sites is 1. The summed E-state index contributed by atoms with van der Waals surface area (Å²) in [6, 6.07) is 19.9. The summed E-state index contributed by atoms with van der Waals surface area (Å²) in [5.41, 5.74) is 2.75. The second kappa shape index (κ2) is 11.3. The van der Waals surface area contributed by atoms with Crippen molar-refractivity contribution in [1.29, 1.82) is 0 Å². The van der Waals surface area contributed by atoms with Crippen LogP contribution in [0.2, 0.25) is 0 Å². The van der Waals surface area contributed by atoms with Crippen LogP contribution in [-0.2, 0) is 12.4 Å². The van der Waals surface area contributed by atoms with Gasteiger partial charge in [0.05, 0.1) is 13.3 Å². The maximum Gasteiger partial charge on any atom is 0.212 e. The second-order valence-corrected chi connectivity index (χ2v) is 9.15. The highest BCUT2D eigenvalue weighted by molar-refractivity contribution is 9.10. The lowest BCUT2D eigenvalue weighted by atomic mass is 10.2. The maximum absolute atomic E-state index is 13.2. The van der Waals surface area contributed by atoms with Crippen molar-refractivity contribution in [3.8, 4) is 11.5 Å². The minimum absolute atomic E-state index is 0.265. The number of benzene rings is 3. The summed E-state index contributed by atoms with van der Waals surface area (Å²) in [5, 5.41) is 13.8. The third-order valence-corrected chi connectivity index (χ3v) is 6.41. The molecule has 1 aromatic heterocycles. The first-order valence-electron chi connectivity index (χ1n) is 10.4. The van der Waals surface area contributed by atoms with Crippen LogP contribution in [0.15, 0.2) is 81.5 Å². The van der Waals surface area contributed by atoms with Gasteiger partial charge in [-0.3, -0.25) is 0 Å². The number of ether oxygens (including phenoxy) is 2. The number of aryl methyl sites for hydroxylation is 1. The van der Waals surface area contributed by atoms with Gasteiger partial charge in [-0.25, -0.2) is 4.39 Å². The summed E-state index contributed by atoms with van der Waals surface area (Å²) in [7, 11) is 1.59. The lowest BCUT2D eigenvalue weighted by Crippen LogP contribution is -2.02. The quantitative estimate of drug-likeness (QED) is 0.185. The average Bonchev–Trinajstić information content (AvgIpc) is 3.21. The van der Waals surface area contributed by atoms with E-state index in [0.29, 0.717) is 22.5 Å². The van der Waals surface area contributed by atoms with Gasteiger partial charge in [0.25, 0.3) is 0 Å². The molecule has 0 spiro atoms. The minimum atomic E-state index is -0.285. The number of halogens is 2. The number of methoxy groups -OCH3 is 1. The van der Waals surface area contributed by atoms with E-state index in [1.807, 2.05) is 37.3 Å². The molecular weight excluding hydrogens is 519 g/mol. The molecule has 0 aliphatic rings. The zero-order valence-corrected chi connectivity index (χ0v) is 21.0. The fourth-order valence-corrected chi connectivity index (χ4v) is 4.25. The number of aromatic nitrogens is 3. The van der Waals surface area contributed by atoms with Crippen LogP contribution in [0.25, 0.3) is 0 Å². The minimum Gasteiger partial charge on any atom is -0.493 e. The van der Waals surface area contributed by atoms with Crippen molar-refractivity contribution < 1.29 is 13.9 Å². The van der Waals surface area contributed by atoms with Crippen LogP contribution in [0.5, 0.6) is 11.5 Å². The molecule has 3 aromatic carbocycles. The molecule has 0 unspecified atom stereocenters. The molecule has 0 aliphatic carbocycles. The topological polar surface area (TPSA) is 61.5 Å². The van der Waals surface area contributed by atoms with Gasteiger partial charge in [-0.2, -0.15) is 9.78 Å². The van der Waals surface area contributed by atoms with Crippen molar-refractivity contribution in [2.24, 2.45) is 5.10 Å². The van der Waals surface area contributed by atoms with Crippen LogP contribution >= 0.6 is 27.7 Å². The maximum atomic E-state index is 13.2. The third kappa shape index (κ3) is 6.03. The van der Waals surface area contributed by atoms with Gasteiger partial charge in [-0.15, -0.1) is 10.2 Å². The first-order chi connectivity index (χ1) is 16.5. The van der Waals surface area contributed by atoms with Crippen LogP contribution in [0, 0.1) is 12.7 Å². The van der Waals surface area contributed by atoms with Gasteiger partial charge in [-0.1, -0.05) is 58.0 Å². The molecule has 0 amide bonds. The van der Waals surface area contributed by atoms with E-state index in [9.17, 15) is 4.39 Å². The van der Waals surface area contributed by atoms with Gasteiger partial charge in [0.15, 0.2) is 17.3 Å². The van der Waals surface area contributed by atoms with E-state index in [-0.39, 0.29) is 12.4 Å². The smallest absolute Gasteiger partial charge is 0.212 e. The number of nitrogens with zero attached hydrogens (tertiary/aromatic N) is 4. The van der Waals surface area contributed by atoms with Crippen LogP contribution in [-0.4, -0.2) is 28.2 Å². The number of thioether (sulfide) groups is 1. The number of hydrogen-bond donors (Lipinski definition) is 0. The normalized spacial score (nSPS) is 11.2. The predicted octanol–water partition coefficient (Wildman–Crippen LogP) is 6.25. The van der Waals surface area contributed by atoms with Gasteiger partial charge < -0.3 is 9.47 Å². The van der Waals surface area contributed by atoms with Crippen molar-refractivity contribution in [2.45, 2.75) is 24.4 Å². The highest BCUT2D eigenvalue weighted by Gasteiger charge is 2.12. The molecule has 9 heteroatoms. The summed E-state index contributed by atoms with van der Waals surface area (Å²) in [6.45, 7) is 2.12. The molecule has 0 atom stereocenters. The summed E-state index contributed by atoms with van der Waals surface area (Å²) in [4.78, 5) is 0. The van der Waals surface area contributed by atoms with Gasteiger partial charge in [0.1, 0.15) is 12.4 Å². The van der Waals surface area contributed by atoms with Crippen molar-refractivity contribution in [3.05, 3.63) is 99.5 Å². The van der Waals surface area contributed by atoms with Crippen molar-refractivity contribution in [2.75, 3.05) is 7.11 Å². The molecule has 0 radical (unpaired) electrons. The molecule has 1 heterocycles. The van der Waals surface area contributed by atoms with E-state index in [0.717, 1.165) is 21.4 Å². The molecule has 0 aliphatic heterocycles. The van der Waals surface area contributed by atoms with E-state index < -0.39 is 0 Å². The van der Waals surface area contributed by atoms with Gasteiger partial charge >= 0.3 is 0 Å². The van der Waals surface area contributed by atoms with Crippen molar-refractivity contribution in [3.63, 3.8) is 0 Å². The lowest BCUT2D eigenvalue weighted by molar-refractivity contribution is 0.284. The highest BCUT2D eigenvalue weighted by atomic mass is 79.9. The van der Waals surface area contributed by atoms with Crippen LogP contribution < -0.4 is 9.47 Å². The molecule has 6 nitrogen and oxygen atoms in total. The first-order valence-corrected chi connectivity index (χ1v) is 12.2. The largest absolute Gasteiger partial charge is 0.493 e. The van der Waals surface area contributed by atoms with Crippen LogP contribution in [0.3, 0.4) is 0 Å². The molecular formula is C25H22BrFN4O2S. The van der Waals surface area contributed by atoms with Gasteiger partial charge in [0.2, 0.25) is 5.16 Å². The molecule has 34 heavy (non-hydrogen) atoms. The Balaban J connectivity index is 1.53. The van der Waals surface area contributed by atoms with Gasteiger partial charge in [0, 0.05) is 15.8 Å². The SMILES string of the molecule is COc1cccc(/C=N/n2c(C)nnc2SCc2ccc(Br)cc2)c1OCc1ccc(F)cc1. The fourth-order valence-electron chi connectivity index (χ4n) is 3.10. The van der Waals surface area contributed by atoms with E-state index in [1.165, 1.54) is 17.7 Å². The Morgan fingerprint density at radius 2 is 1.76 bits per heavy atom. The molecule has 0 saturated heterocycles. The molecule has 0 N–H and O–H groups in total. The Hall–Kier alpha value is -3.17. The highest BCUT2D eigenvalue weighted by Crippen LogP contribution is 2.31. The summed E-state index contributed by atoms with van der Waals surface area (Å²) in [6.07, 6.45) is 1.70. The Morgan fingerprint density at radius 3 is 2.50 bits per heavy atom. The Morgan fingerprint density at radius 1 is 1.03 bits per heavy atom. The summed E-state index contributed by atoms with van der Waals surface area (Å²) in [5.74, 6) is 2.26. The molecule has 4 rings (SSSR count). The third-order valence-electron chi connectivity index (χ3n) is 4.89. The Labute approximate surface area is 210 Å². The standard InChI is InChI=1S/C25H22BrFN4O2S/c1-17-29-30-25(34-16-19-6-10-21(26)11-7-19)31(17)28-14-20-4-3-5-23(32-2)24(20)33-15-18-8-12-22(27)13-9-18/h3-14H,15-16H2,1-2H3/b28-14+.